The molecule has 1 atom stereocenters. The zero-order valence-electron chi connectivity index (χ0n) is 9.01. The van der Waals surface area contributed by atoms with Gasteiger partial charge in [0, 0.05) is 12.4 Å². The highest BCUT2D eigenvalue weighted by Gasteiger charge is 2.14. The summed E-state index contributed by atoms with van der Waals surface area (Å²) in [4.78, 5) is 18.7. The molecule has 88 valence electrons. The molecule has 0 spiro atoms. The highest BCUT2D eigenvalue weighted by Crippen LogP contribution is 2.07. The Hall–Kier alpha value is -1.95. The molecule has 0 aliphatic rings. The number of hydrogen-bond donors (Lipinski definition) is 2. The van der Waals surface area contributed by atoms with Crippen molar-refractivity contribution in [2.45, 2.75) is 13.0 Å². The summed E-state index contributed by atoms with van der Waals surface area (Å²) in [6.07, 6.45) is 3.32. The number of nitrogens with zero attached hydrogens (tertiary/aromatic N) is 3. The first-order valence-electron chi connectivity index (χ1n) is 4.96. The van der Waals surface area contributed by atoms with Gasteiger partial charge in [-0.15, -0.1) is 10.2 Å². The second-order valence-electron chi connectivity index (χ2n) is 3.41. The van der Waals surface area contributed by atoms with E-state index >= 15 is 0 Å². The number of H-pyrrole nitrogens is 1. The normalized spacial score (nSPS) is 12.1. The van der Waals surface area contributed by atoms with Crippen LogP contribution in [0.3, 0.4) is 0 Å². The van der Waals surface area contributed by atoms with E-state index in [0.29, 0.717) is 5.82 Å². The van der Waals surface area contributed by atoms with Gasteiger partial charge >= 0.3 is 0 Å². The lowest BCUT2D eigenvalue weighted by Crippen LogP contribution is -2.28. The lowest BCUT2D eigenvalue weighted by Gasteiger charge is -2.10. The molecule has 0 fully saturated rings. The molecule has 0 saturated carbocycles. The summed E-state index contributed by atoms with van der Waals surface area (Å²) in [5.74, 6) is 0.360. The maximum absolute atomic E-state index is 11.8. The summed E-state index contributed by atoms with van der Waals surface area (Å²) in [5, 5.41) is 10.3. The average Bonchev–Trinajstić information content (AvgIpc) is 2.83. The van der Waals surface area contributed by atoms with Gasteiger partial charge in [0.2, 0.25) is 0 Å². The van der Waals surface area contributed by atoms with Crippen molar-refractivity contribution in [1.82, 2.24) is 25.5 Å². The van der Waals surface area contributed by atoms with Gasteiger partial charge in [-0.05, 0) is 19.1 Å². The summed E-state index contributed by atoms with van der Waals surface area (Å²) in [7, 11) is 0. The highest BCUT2D eigenvalue weighted by molar-refractivity contribution is 6.29. The fourth-order valence-electron chi connectivity index (χ4n) is 1.29. The zero-order valence-corrected chi connectivity index (χ0v) is 9.77. The molecule has 2 aromatic heterocycles. The number of carbonyl (C=O) groups is 1. The van der Waals surface area contributed by atoms with Crippen LogP contribution in [0.4, 0.5) is 0 Å². The van der Waals surface area contributed by atoms with Crippen molar-refractivity contribution in [1.29, 1.82) is 0 Å². The molecule has 7 heteroatoms. The Morgan fingerprint density at radius 3 is 2.88 bits per heavy atom. The number of carbonyl (C=O) groups excluding carboxylic acids is 1. The fraction of sp³-hybridized carbons (Fsp3) is 0.200. The number of nitrogens with one attached hydrogen (secondary N) is 2. The predicted octanol–water partition coefficient (Wildman–Crippen LogP) is 1.34. The Kier molecular flexibility index (Phi) is 3.34. The van der Waals surface area contributed by atoms with Crippen LogP contribution in [0.2, 0.25) is 5.15 Å². The van der Waals surface area contributed by atoms with Gasteiger partial charge in [0.05, 0.1) is 6.04 Å². The number of amides is 1. The first-order valence-corrected chi connectivity index (χ1v) is 5.34. The van der Waals surface area contributed by atoms with Crippen LogP contribution >= 0.6 is 11.6 Å². The monoisotopic (exact) mass is 251 g/mol. The van der Waals surface area contributed by atoms with Crippen LogP contribution < -0.4 is 5.32 Å². The summed E-state index contributed by atoms with van der Waals surface area (Å²) in [5.41, 5.74) is 0.216. The lowest BCUT2D eigenvalue weighted by molar-refractivity contribution is 0.0932. The van der Waals surface area contributed by atoms with E-state index in [9.17, 15) is 4.79 Å². The first-order chi connectivity index (χ1) is 8.16. The van der Waals surface area contributed by atoms with Crippen LogP contribution in [-0.4, -0.2) is 26.1 Å². The molecular formula is C10H10ClN5O. The van der Waals surface area contributed by atoms with E-state index in [1.54, 1.807) is 12.4 Å². The van der Waals surface area contributed by atoms with Gasteiger partial charge in [0.15, 0.2) is 10.8 Å². The van der Waals surface area contributed by atoms with Gasteiger partial charge in [0.1, 0.15) is 5.82 Å². The summed E-state index contributed by atoms with van der Waals surface area (Å²) >= 11 is 5.58. The van der Waals surface area contributed by atoms with Crippen molar-refractivity contribution in [2.24, 2.45) is 0 Å². The Morgan fingerprint density at radius 2 is 2.29 bits per heavy atom. The second-order valence-corrected chi connectivity index (χ2v) is 3.80. The van der Waals surface area contributed by atoms with Gasteiger partial charge in [-0.1, -0.05) is 11.6 Å². The van der Waals surface area contributed by atoms with Crippen molar-refractivity contribution in [3.63, 3.8) is 0 Å². The van der Waals surface area contributed by atoms with Gasteiger partial charge in [-0.25, -0.2) is 4.98 Å². The van der Waals surface area contributed by atoms with E-state index in [1.165, 1.54) is 12.1 Å². The van der Waals surface area contributed by atoms with Gasteiger partial charge in [0.25, 0.3) is 5.91 Å². The zero-order chi connectivity index (χ0) is 12.3. The second kappa shape index (κ2) is 4.92. The molecule has 1 amide bonds. The van der Waals surface area contributed by atoms with Crippen LogP contribution in [0.5, 0.6) is 0 Å². The molecular weight excluding hydrogens is 242 g/mol. The Bertz CT molecular complexity index is 496. The molecule has 2 aromatic rings. The van der Waals surface area contributed by atoms with E-state index in [-0.39, 0.29) is 22.8 Å². The fourth-order valence-corrected chi connectivity index (χ4v) is 1.39. The van der Waals surface area contributed by atoms with Crippen molar-refractivity contribution in [3.05, 3.63) is 41.2 Å². The maximum Gasteiger partial charge on any atom is 0.272 e. The molecule has 2 rings (SSSR count). The molecule has 2 N–H and O–H groups in total. The molecule has 1 unspecified atom stereocenters. The number of hydrogen-bond acceptors (Lipinski definition) is 4. The minimum Gasteiger partial charge on any atom is -0.347 e. The topological polar surface area (TPSA) is 83.6 Å². The Balaban J connectivity index is 2.04. The third-order valence-corrected chi connectivity index (χ3v) is 2.34. The lowest BCUT2D eigenvalue weighted by atomic mass is 10.3. The number of aromatic amines is 1. The van der Waals surface area contributed by atoms with Crippen LogP contribution in [0, 0.1) is 0 Å². The number of halogens is 1. The Morgan fingerprint density at radius 1 is 1.47 bits per heavy atom. The van der Waals surface area contributed by atoms with E-state index in [1.807, 2.05) is 6.92 Å². The molecule has 0 aliphatic heterocycles. The van der Waals surface area contributed by atoms with Gasteiger partial charge in [-0.2, -0.15) is 0 Å². The van der Waals surface area contributed by atoms with Gasteiger partial charge in [-0.3, -0.25) is 4.79 Å². The largest absolute Gasteiger partial charge is 0.347 e. The third kappa shape index (κ3) is 2.79. The van der Waals surface area contributed by atoms with E-state index < -0.39 is 0 Å². The van der Waals surface area contributed by atoms with E-state index in [2.05, 4.69) is 25.5 Å². The van der Waals surface area contributed by atoms with Crippen LogP contribution in [0.25, 0.3) is 0 Å². The number of imidazole rings is 1. The predicted molar refractivity (Wildman–Crippen MR) is 61.5 cm³/mol. The molecule has 2 heterocycles. The van der Waals surface area contributed by atoms with E-state index in [4.69, 9.17) is 11.6 Å². The summed E-state index contributed by atoms with van der Waals surface area (Å²) < 4.78 is 0. The maximum atomic E-state index is 11.8. The molecule has 0 radical (unpaired) electrons. The first kappa shape index (κ1) is 11.5. The third-order valence-electron chi connectivity index (χ3n) is 2.14. The van der Waals surface area contributed by atoms with Gasteiger partial charge < -0.3 is 10.3 Å². The SMILES string of the molecule is CC(NC(=O)c1ccc(Cl)nn1)c1ncc[nH]1. The van der Waals surface area contributed by atoms with Crippen LogP contribution in [0.1, 0.15) is 29.3 Å². The molecule has 0 bridgehead atoms. The average molecular weight is 252 g/mol. The number of aromatic nitrogens is 4. The smallest absolute Gasteiger partial charge is 0.272 e. The molecule has 0 aliphatic carbocycles. The molecule has 6 nitrogen and oxygen atoms in total. The van der Waals surface area contributed by atoms with Crippen molar-refractivity contribution < 1.29 is 4.79 Å². The summed E-state index contributed by atoms with van der Waals surface area (Å²) in [6, 6.07) is 2.80. The molecule has 0 aromatic carbocycles. The van der Waals surface area contributed by atoms with E-state index in [0.717, 1.165) is 0 Å². The standard InChI is InChI=1S/C10H10ClN5O/c1-6(9-12-4-5-13-9)14-10(17)7-2-3-8(11)16-15-7/h2-6H,1H3,(H,12,13)(H,14,17). The quantitative estimate of drug-likeness (QED) is 0.862. The minimum atomic E-state index is -0.321. The Labute approximate surface area is 102 Å². The van der Waals surface area contributed by atoms with Crippen molar-refractivity contribution in [2.75, 3.05) is 0 Å². The van der Waals surface area contributed by atoms with Crippen molar-refractivity contribution in [3.8, 4) is 0 Å². The highest BCUT2D eigenvalue weighted by atomic mass is 35.5. The van der Waals surface area contributed by atoms with Crippen LogP contribution in [0.15, 0.2) is 24.5 Å². The number of rotatable bonds is 3. The summed E-state index contributed by atoms with van der Waals surface area (Å²) in [6.45, 7) is 1.82. The molecule has 0 saturated heterocycles. The minimum absolute atomic E-state index is 0.216. The van der Waals surface area contributed by atoms with Crippen LogP contribution in [-0.2, 0) is 0 Å². The van der Waals surface area contributed by atoms with Crippen molar-refractivity contribution >= 4 is 17.5 Å². The molecule has 17 heavy (non-hydrogen) atoms.